The highest BCUT2D eigenvalue weighted by Crippen LogP contribution is 2.67. The number of amides is 2. The molecule has 2 saturated heterocycles. The predicted molar refractivity (Wildman–Crippen MR) is 276 cm³/mol. The number of carbonyl (C=O) groups excluding carboxylic acids is 5. The van der Waals surface area contributed by atoms with Crippen molar-refractivity contribution < 1.29 is 81.9 Å². The van der Waals surface area contributed by atoms with Gasteiger partial charge in [-0.1, -0.05) is 64.8 Å². The summed E-state index contributed by atoms with van der Waals surface area (Å²) in [5, 5.41) is 38.9. The first kappa shape index (κ1) is 59.0. The van der Waals surface area contributed by atoms with Crippen LogP contribution in [0.5, 0.6) is 5.75 Å². The largest absolute Gasteiger partial charge is 0.497 e. The number of esters is 2. The maximum atomic E-state index is 14.0. The number of carbonyl (C=O) groups is 5. The van der Waals surface area contributed by atoms with Crippen LogP contribution < -0.4 is 15.4 Å². The number of ketones is 1. The maximum Gasteiger partial charge on any atom is 0.407 e. The summed E-state index contributed by atoms with van der Waals surface area (Å²) in [4.78, 5) is 64.8. The molecule has 3 saturated carbocycles. The number of Topliss-reactive ketones (excluding diaryl/α,β-unsaturated/α-hetero) is 1. The highest BCUT2D eigenvalue weighted by Gasteiger charge is 2.63. The Morgan fingerprint density at radius 2 is 1.51 bits per heavy atom. The highest BCUT2D eigenvalue weighted by atomic mass is 16.7. The molecule has 1 aromatic rings. The second-order valence-electron chi connectivity index (χ2n) is 22.7. The van der Waals surface area contributed by atoms with E-state index in [0.717, 1.165) is 64.2 Å². The third-order valence-corrected chi connectivity index (χ3v) is 17.3. The van der Waals surface area contributed by atoms with Crippen LogP contribution in [-0.4, -0.2) is 147 Å². The lowest BCUT2D eigenvalue weighted by Gasteiger charge is -2.58. The van der Waals surface area contributed by atoms with Gasteiger partial charge in [0.05, 0.1) is 32.0 Å². The number of alkyl carbamates (subject to hydrolysis) is 2. The molecule has 0 radical (unpaired) electrons. The van der Waals surface area contributed by atoms with E-state index in [1.807, 2.05) is 0 Å². The van der Waals surface area contributed by atoms with Gasteiger partial charge in [-0.3, -0.25) is 9.59 Å². The van der Waals surface area contributed by atoms with Gasteiger partial charge in [-0.15, -0.1) is 0 Å². The van der Waals surface area contributed by atoms with E-state index in [1.165, 1.54) is 37.8 Å². The van der Waals surface area contributed by atoms with E-state index < -0.39 is 79.4 Å². The van der Waals surface area contributed by atoms with Gasteiger partial charge in [0.25, 0.3) is 0 Å². The third-order valence-electron chi connectivity index (χ3n) is 17.3. The van der Waals surface area contributed by atoms with Gasteiger partial charge < -0.3 is 68.6 Å². The number of methoxy groups -OCH3 is 1. The Kier molecular flexibility index (Phi) is 20.8. The Labute approximate surface area is 447 Å². The van der Waals surface area contributed by atoms with E-state index >= 15 is 0 Å². The summed E-state index contributed by atoms with van der Waals surface area (Å²) in [5.74, 6) is 0.0657. The molecule has 19 nitrogen and oxygen atoms in total. The van der Waals surface area contributed by atoms with Crippen molar-refractivity contribution in [3.05, 3.63) is 54.1 Å². The van der Waals surface area contributed by atoms with E-state index in [4.69, 9.17) is 42.6 Å². The van der Waals surface area contributed by atoms with Gasteiger partial charge in [0.15, 0.2) is 24.8 Å². The van der Waals surface area contributed by atoms with Crippen molar-refractivity contribution >= 4 is 29.9 Å². The minimum absolute atomic E-state index is 0.0986. The summed E-state index contributed by atoms with van der Waals surface area (Å²) in [7, 11) is 1.49. The predicted octanol–water partition coefficient (Wildman–Crippen LogP) is 6.87. The van der Waals surface area contributed by atoms with Gasteiger partial charge in [-0.2, -0.15) is 0 Å². The second-order valence-corrected chi connectivity index (χ2v) is 22.7. The molecule has 76 heavy (non-hydrogen) atoms. The van der Waals surface area contributed by atoms with Crippen LogP contribution in [0.3, 0.4) is 0 Å². The third kappa shape index (κ3) is 14.3. The van der Waals surface area contributed by atoms with Gasteiger partial charge in [0, 0.05) is 39.3 Å². The van der Waals surface area contributed by atoms with Gasteiger partial charge >= 0.3 is 24.1 Å². The molecule has 2 amide bonds. The van der Waals surface area contributed by atoms with Crippen molar-refractivity contribution in [3.8, 4) is 5.75 Å². The number of ether oxygens (including phenoxy) is 9. The average molecular weight is 1070 g/mol. The number of hydrogen-bond acceptors (Lipinski definition) is 17. The van der Waals surface area contributed by atoms with Gasteiger partial charge in [0.2, 0.25) is 0 Å². The molecule has 2 aliphatic heterocycles. The number of rotatable bonds is 23. The quantitative estimate of drug-likeness (QED) is 0.0324. The number of unbranched alkanes of at least 4 members (excludes halogenated alkanes) is 3. The van der Waals surface area contributed by atoms with E-state index in [2.05, 4.69) is 51.0 Å². The summed E-state index contributed by atoms with van der Waals surface area (Å²) in [6, 6.07) is 6.09. The molecule has 5 N–H and O–H groups in total. The van der Waals surface area contributed by atoms with E-state index in [0.29, 0.717) is 56.4 Å². The zero-order valence-electron chi connectivity index (χ0n) is 45.3. The van der Waals surface area contributed by atoms with Crippen molar-refractivity contribution in [1.82, 2.24) is 10.6 Å². The molecule has 424 valence electrons. The zero-order chi connectivity index (χ0) is 54.7. The van der Waals surface area contributed by atoms with Crippen LogP contribution in [0.25, 0.3) is 0 Å². The minimum Gasteiger partial charge on any atom is -0.497 e. The summed E-state index contributed by atoms with van der Waals surface area (Å²) in [6.07, 6.45) is 1.24. The molecule has 0 aromatic heterocycles. The van der Waals surface area contributed by atoms with Crippen LogP contribution >= 0.6 is 0 Å². The molecule has 16 atom stereocenters. The van der Waals surface area contributed by atoms with Crippen molar-refractivity contribution in [3.63, 3.8) is 0 Å². The number of hydrogen-bond donors (Lipinski definition) is 5. The lowest BCUT2D eigenvalue weighted by molar-refractivity contribution is -0.340. The maximum absolute atomic E-state index is 14.0. The first-order valence-electron chi connectivity index (χ1n) is 27.6. The number of aliphatic hydroxyl groups excluding tert-OH is 3. The van der Waals surface area contributed by atoms with Crippen molar-refractivity contribution in [1.29, 1.82) is 0 Å². The van der Waals surface area contributed by atoms with Crippen molar-refractivity contribution in [2.75, 3.05) is 40.0 Å². The standard InChI is InChI=1S/C57H84N2O17/c1-8-27-69-54(66)58-25-11-9-10-12-26-59-55(67)73-39-21-23-56(5)36(28-39)16-20-40-41(56)22-24-57(6)42(40)30-46(43(57)29-37(61)17-13-33(2)3)74-53-50(72-34(4)60)48(45(63)32-71-53)76-52-49(47(64)44(62)31-70-52)75-51(65)35-14-18-38(68-7)19-15-35/h8,14-16,18-19,33,39-50,52-53,62-64H,1,9-13,17,20-32H2,2-7H3,(H,58,66)(H,59,67)/t39-,40+,41?,42?,43?,44?,45?,46-,47?,48?,49?,50?,52?,53?,56-,57-/m0/s1. The Balaban J connectivity index is 1.02. The first-order chi connectivity index (χ1) is 36.3. The molecule has 0 spiro atoms. The smallest absolute Gasteiger partial charge is 0.407 e. The number of allylic oxidation sites excluding steroid dienone is 1. The molecular formula is C57H84N2O17. The zero-order valence-corrected chi connectivity index (χ0v) is 45.3. The number of fused-ring (bicyclic) bond motifs is 5. The van der Waals surface area contributed by atoms with Crippen LogP contribution in [0.15, 0.2) is 48.6 Å². The lowest BCUT2D eigenvalue weighted by Crippen LogP contribution is -2.62. The Bertz CT molecular complexity index is 2170. The fourth-order valence-corrected chi connectivity index (χ4v) is 13.1. The Morgan fingerprint density at radius 3 is 2.18 bits per heavy atom. The van der Waals surface area contributed by atoms with Crippen LogP contribution in [-0.2, 0) is 47.5 Å². The number of aliphatic hydroxyl groups is 3. The monoisotopic (exact) mass is 1070 g/mol. The molecule has 11 unspecified atom stereocenters. The topological polar surface area (TPSA) is 253 Å². The highest BCUT2D eigenvalue weighted by molar-refractivity contribution is 5.89. The number of benzene rings is 1. The summed E-state index contributed by atoms with van der Waals surface area (Å²) < 4.78 is 53.1. The van der Waals surface area contributed by atoms with Crippen LogP contribution in [0, 0.1) is 40.4 Å². The van der Waals surface area contributed by atoms with Crippen LogP contribution in [0.4, 0.5) is 9.59 Å². The first-order valence-corrected chi connectivity index (χ1v) is 27.6. The summed E-state index contributed by atoms with van der Waals surface area (Å²) in [6.45, 7) is 14.1. The van der Waals surface area contributed by atoms with E-state index in [1.54, 1.807) is 12.1 Å². The molecule has 6 aliphatic rings. The van der Waals surface area contributed by atoms with Crippen LogP contribution in [0.1, 0.15) is 135 Å². The lowest BCUT2D eigenvalue weighted by atomic mass is 9.47. The van der Waals surface area contributed by atoms with Crippen LogP contribution in [0.2, 0.25) is 0 Å². The van der Waals surface area contributed by atoms with E-state index in [-0.39, 0.29) is 65.9 Å². The molecule has 2 heterocycles. The van der Waals surface area contributed by atoms with Crippen molar-refractivity contribution in [2.45, 2.75) is 186 Å². The second kappa shape index (κ2) is 26.8. The number of nitrogens with one attached hydrogen (secondary N) is 2. The molecular weight excluding hydrogens is 985 g/mol. The molecule has 19 heteroatoms. The SMILES string of the molecule is C=CCOC(=O)NCCCCCCNC(=O)O[C@H]1CC[C@@]2(C)C(=CC[C@H]3C4C[C@H](OC5OCC(O)C(OC6OCC(O)C(O)C6OC(=O)c6ccc(OC)cc6)C5OC(C)=O)C(CC(=O)CCC(C)C)[C@@]4(C)CCC32)C1. The van der Waals surface area contributed by atoms with Gasteiger partial charge in [-0.25, -0.2) is 14.4 Å². The van der Waals surface area contributed by atoms with Gasteiger partial charge in [-0.05, 0) is 122 Å². The summed E-state index contributed by atoms with van der Waals surface area (Å²) >= 11 is 0. The van der Waals surface area contributed by atoms with Crippen molar-refractivity contribution in [2.24, 2.45) is 40.4 Å². The molecule has 1 aromatic carbocycles. The average Bonchev–Trinajstić information content (AvgIpc) is 3.73. The Morgan fingerprint density at radius 1 is 0.829 bits per heavy atom. The molecule has 7 rings (SSSR count). The van der Waals surface area contributed by atoms with Gasteiger partial charge in [0.1, 0.15) is 48.7 Å². The normalized spacial score (nSPS) is 34.8. The Hall–Kier alpha value is -4.63. The molecule has 0 bridgehead atoms. The van der Waals surface area contributed by atoms with E-state index in [9.17, 15) is 39.3 Å². The fraction of sp³-hybridized carbons (Fsp3) is 0.737. The fourth-order valence-electron chi connectivity index (χ4n) is 13.1. The molecule has 5 fully saturated rings. The summed E-state index contributed by atoms with van der Waals surface area (Å²) in [5.41, 5.74) is 1.08. The minimum atomic E-state index is -1.64. The molecule has 4 aliphatic carbocycles.